The van der Waals surface area contributed by atoms with Crippen LogP contribution < -0.4 is 0 Å². The molecule has 0 aromatic heterocycles. The van der Waals surface area contributed by atoms with Crippen molar-refractivity contribution < 1.29 is 28.6 Å². The van der Waals surface area contributed by atoms with Crippen molar-refractivity contribution in [2.45, 2.75) is 309 Å². The smallest absolute Gasteiger partial charge is 0.306 e. The van der Waals surface area contributed by atoms with Crippen molar-refractivity contribution >= 4 is 17.9 Å². The van der Waals surface area contributed by atoms with Gasteiger partial charge in [0.05, 0.1) is 0 Å². The van der Waals surface area contributed by atoms with Crippen molar-refractivity contribution in [3.63, 3.8) is 0 Å². The lowest BCUT2D eigenvalue weighted by molar-refractivity contribution is -0.167. The Hall–Kier alpha value is -4.45. The lowest BCUT2D eigenvalue weighted by atomic mass is 10.1. The predicted octanol–water partition coefficient (Wildman–Crippen LogP) is 23.3. The number of unbranched alkanes of at least 4 members (excludes halogenated alkanes) is 27. The quantitative estimate of drug-likeness (QED) is 0.0261. The van der Waals surface area contributed by atoms with Gasteiger partial charge in [-0.3, -0.25) is 14.4 Å². The number of carbonyl (C=O) groups excluding carboxylic acids is 3. The summed E-state index contributed by atoms with van der Waals surface area (Å²) in [5.74, 6) is -0.918. The van der Waals surface area contributed by atoms with Gasteiger partial charge in [0.15, 0.2) is 6.10 Å². The molecule has 0 saturated heterocycles. The fourth-order valence-electron chi connectivity index (χ4n) is 9.07. The molecule has 0 amide bonds. The van der Waals surface area contributed by atoms with Crippen LogP contribution in [0.25, 0.3) is 0 Å². The summed E-state index contributed by atoms with van der Waals surface area (Å²) in [5, 5.41) is 0. The molecule has 1 unspecified atom stereocenters. The molecule has 0 aromatic carbocycles. The monoisotopic (exact) mass is 1120 g/mol. The minimum absolute atomic E-state index is 0.0924. The summed E-state index contributed by atoms with van der Waals surface area (Å²) < 4.78 is 16.9. The second kappa shape index (κ2) is 68.1. The fraction of sp³-hybridized carbons (Fsp3) is 0.667. The first-order valence-corrected chi connectivity index (χ1v) is 33.7. The van der Waals surface area contributed by atoms with Crippen molar-refractivity contribution in [3.8, 4) is 0 Å². The highest BCUT2D eigenvalue weighted by Gasteiger charge is 2.19. The van der Waals surface area contributed by atoms with Gasteiger partial charge >= 0.3 is 17.9 Å². The Morgan fingerprint density at radius 3 is 0.790 bits per heavy atom. The topological polar surface area (TPSA) is 78.9 Å². The summed E-state index contributed by atoms with van der Waals surface area (Å²) in [5.41, 5.74) is 0. The van der Waals surface area contributed by atoms with Gasteiger partial charge in [-0.05, 0) is 141 Å². The van der Waals surface area contributed by atoms with Crippen LogP contribution in [0.15, 0.2) is 134 Å². The minimum atomic E-state index is -0.797. The molecule has 0 aliphatic heterocycles. The molecule has 0 bridgehead atoms. The molecule has 1 atom stereocenters. The maximum Gasteiger partial charge on any atom is 0.306 e. The number of ether oxygens (including phenoxy) is 3. The molecule has 0 N–H and O–H groups in total. The third-order valence-corrected chi connectivity index (χ3v) is 14.1. The number of carbonyl (C=O) groups is 3. The summed E-state index contributed by atoms with van der Waals surface area (Å²) in [6.45, 7) is 6.48. The lowest BCUT2D eigenvalue weighted by Crippen LogP contribution is -2.30. The number of esters is 3. The molecule has 81 heavy (non-hydrogen) atoms. The number of hydrogen-bond donors (Lipinski definition) is 0. The van der Waals surface area contributed by atoms with Gasteiger partial charge in [0.25, 0.3) is 0 Å². The van der Waals surface area contributed by atoms with Crippen molar-refractivity contribution in [2.75, 3.05) is 13.2 Å². The van der Waals surface area contributed by atoms with Crippen molar-refractivity contribution in [1.82, 2.24) is 0 Å². The van der Waals surface area contributed by atoms with E-state index in [1.165, 1.54) is 122 Å². The Morgan fingerprint density at radius 1 is 0.259 bits per heavy atom. The van der Waals surface area contributed by atoms with Gasteiger partial charge in [-0.15, -0.1) is 0 Å². The average molecular weight is 1120 g/mol. The number of allylic oxidation sites excluding steroid dienone is 22. The predicted molar refractivity (Wildman–Crippen MR) is 353 cm³/mol. The first-order valence-electron chi connectivity index (χ1n) is 33.7. The van der Waals surface area contributed by atoms with Crippen LogP contribution in [0.5, 0.6) is 0 Å². The zero-order valence-electron chi connectivity index (χ0n) is 52.8. The highest BCUT2D eigenvalue weighted by atomic mass is 16.6. The molecule has 6 heteroatoms. The Morgan fingerprint density at radius 2 is 0.481 bits per heavy atom. The van der Waals surface area contributed by atoms with Crippen LogP contribution in [0.3, 0.4) is 0 Å². The van der Waals surface area contributed by atoms with Crippen LogP contribution in [0.2, 0.25) is 0 Å². The molecule has 0 rings (SSSR count). The van der Waals surface area contributed by atoms with Gasteiger partial charge in [-0.2, -0.15) is 0 Å². The SMILES string of the molecule is CC/C=C\C/C=C\C/C=C\C/C=C\C/C=C\C/C=C\C/C=C\C/C=C\CCCCCCCCC(=O)OCC(COC(=O)CCCCCCC/C=C\CCCCCCCC)OC(=O)CCCCCCCCC/C=C\C/C=C\CCCCC. The van der Waals surface area contributed by atoms with Gasteiger partial charge in [0.2, 0.25) is 0 Å². The van der Waals surface area contributed by atoms with Gasteiger partial charge in [0, 0.05) is 19.3 Å². The largest absolute Gasteiger partial charge is 0.462 e. The molecule has 0 aliphatic rings. The van der Waals surface area contributed by atoms with Crippen LogP contribution in [0.1, 0.15) is 303 Å². The van der Waals surface area contributed by atoms with E-state index >= 15 is 0 Å². The summed E-state index contributed by atoms with van der Waals surface area (Å²) in [6, 6.07) is 0. The fourth-order valence-corrected chi connectivity index (χ4v) is 9.07. The molecule has 0 fully saturated rings. The van der Waals surface area contributed by atoms with Gasteiger partial charge < -0.3 is 14.2 Å². The van der Waals surface area contributed by atoms with E-state index in [2.05, 4.69) is 154 Å². The van der Waals surface area contributed by atoms with Crippen molar-refractivity contribution in [2.24, 2.45) is 0 Å². The maximum atomic E-state index is 12.9. The molecular formula is C75H124O6. The standard InChI is InChI=1S/C75H124O6/c1-4-7-10-13-16-19-22-25-28-30-31-32-33-34-35-36-37-38-39-40-41-42-43-45-47-50-53-56-59-62-65-68-74(77)80-71-72(70-79-73(76)67-64-61-58-55-52-49-46-27-24-21-18-15-12-9-6-3)81-75(78)69-66-63-60-57-54-51-48-44-29-26-23-20-17-14-11-8-5-2/h7,10,16-17,19-20,25-29,31-32,34-35,37-38,40-41,43,45-46,72H,4-6,8-9,11-15,18,21-24,30,33,36,39,42,44,47-71H2,1-3H3/b10-7-,19-16-,20-17-,28-25-,29-26-,32-31-,35-34-,38-37-,41-40-,45-43-,46-27-. The number of hydrogen-bond acceptors (Lipinski definition) is 6. The van der Waals surface area contributed by atoms with E-state index in [9.17, 15) is 14.4 Å². The van der Waals surface area contributed by atoms with E-state index in [1.807, 2.05) is 0 Å². The Balaban J connectivity index is 4.37. The highest BCUT2D eigenvalue weighted by Crippen LogP contribution is 2.15. The molecule has 0 saturated carbocycles. The Bertz CT molecular complexity index is 1720. The molecule has 6 nitrogen and oxygen atoms in total. The first-order chi connectivity index (χ1) is 40.0. The van der Waals surface area contributed by atoms with Crippen molar-refractivity contribution in [3.05, 3.63) is 134 Å². The second-order valence-electron chi connectivity index (χ2n) is 22.0. The summed E-state index contributed by atoms with van der Waals surface area (Å²) >= 11 is 0. The van der Waals surface area contributed by atoms with Gasteiger partial charge in [-0.1, -0.05) is 276 Å². The van der Waals surface area contributed by atoms with E-state index in [-0.39, 0.29) is 31.1 Å². The Labute approximate surface area is 500 Å². The summed E-state index contributed by atoms with van der Waals surface area (Å²) in [4.78, 5) is 38.4. The Kier molecular flexibility index (Phi) is 64.3. The lowest BCUT2D eigenvalue weighted by Gasteiger charge is -2.18. The third-order valence-electron chi connectivity index (χ3n) is 14.1. The van der Waals surface area contributed by atoms with E-state index in [0.717, 1.165) is 141 Å². The molecule has 0 heterocycles. The molecular weight excluding hydrogens is 997 g/mol. The van der Waals surface area contributed by atoms with Crippen molar-refractivity contribution in [1.29, 1.82) is 0 Å². The minimum Gasteiger partial charge on any atom is -0.462 e. The highest BCUT2D eigenvalue weighted by molar-refractivity contribution is 5.71. The molecule has 0 aromatic rings. The van der Waals surface area contributed by atoms with E-state index in [1.54, 1.807) is 0 Å². The van der Waals surface area contributed by atoms with E-state index < -0.39 is 6.10 Å². The summed E-state index contributed by atoms with van der Waals surface area (Å²) in [7, 11) is 0. The second-order valence-corrected chi connectivity index (χ2v) is 22.0. The van der Waals surface area contributed by atoms with Crippen LogP contribution in [-0.2, 0) is 28.6 Å². The van der Waals surface area contributed by atoms with Gasteiger partial charge in [-0.25, -0.2) is 0 Å². The molecule has 0 aliphatic carbocycles. The molecule has 460 valence electrons. The van der Waals surface area contributed by atoms with E-state index in [4.69, 9.17) is 14.2 Å². The average Bonchev–Trinajstić information content (AvgIpc) is 3.47. The maximum absolute atomic E-state index is 12.9. The van der Waals surface area contributed by atoms with Crippen LogP contribution in [0.4, 0.5) is 0 Å². The molecule has 0 spiro atoms. The molecule has 0 radical (unpaired) electrons. The van der Waals surface area contributed by atoms with Crippen LogP contribution in [0, 0.1) is 0 Å². The van der Waals surface area contributed by atoms with E-state index in [0.29, 0.717) is 19.3 Å². The summed E-state index contributed by atoms with van der Waals surface area (Å²) in [6.07, 6.45) is 96.0. The zero-order valence-corrected chi connectivity index (χ0v) is 52.8. The normalized spacial score (nSPS) is 13.0. The third kappa shape index (κ3) is 66.2. The van der Waals surface area contributed by atoms with Crippen LogP contribution in [-0.4, -0.2) is 37.2 Å². The number of rotatable bonds is 60. The van der Waals surface area contributed by atoms with Crippen LogP contribution >= 0.6 is 0 Å². The zero-order chi connectivity index (χ0) is 58.5. The van der Waals surface area contributed by atoms with Gasteiger partial charge in [0.1, 0.15) is 13.2 Å². The first kappa shape index (κ1) is 76.5.